The number of amides is 1. The number of hydrogen-bond acceptors (Lipinski definition) is 4. The lowest BCUT2D eigenvalue weighted by Crippen LogP contribution is -2.38. The maximum atomic E-state index is 12.5. The Hall–Kier alpha value is -1.69. The fourth-order valence-electron chi connectivity index (χ4n) is 1.71. The standard InChI is InChI=1S/C13H14IN3O3/c1-9(2)16(7-3-6-15)13(18)11-8-10(17(19)20)4-5-12(11)14/h4-5,8-9H,3,7H2,1-2H3. The van der Waals surface area contributed by atoms with Crippen molar-refractivity contribution in [2.45, 2.75) is 26.3 Å². The van der Waals surface area contributed by atoms with Crippen LogP contribution in [0, 0.1) is 25.0 Å². The molecule has 0 saturated heterocycles. The summed E-state index contributed by atoms with van der Waals surface area (Å²) < 4.78 is 0.654. The number of benzene rings is 1. The molecule has 0 aliphatic carbocycles. The summed E-state index contributed by atoms with van der Waals surface area (Å²) >= 11 is 1.98. The van der Waals surface area contributed by atoms with Crippen LogP contribution in [0.4, 0.5) is 5.69 Å². The predicted molar refractivity (Wildman–Crippen MR) is 82.2 cm³/mol. The molecule has 0 aliphatic heterocycles. The normalized spacial score (nSPS) is 10.2. The van der Waals surface area contributed by atoms with Crippen molar-refractivity contribution in [1.82, 2.24) is 4.90 Å². The Labute approximate surface area is 130 Å². The van der Waals surface area contributed by atoms with Crippen LogP contribution in [0.25, 0.3) is 0 Å². The quantitative estimate of drug-likeness (QED) is 0.442. The smallest absolute Gasteiger partial charge is 0.270 e. The topological polar surface area (TPSA) is 87.2 Å². The van der Waals surface area contributed by atoms with Gasteiger partial charge in [-0.3, -0.25) is 14.9 Å². The van der Waals surface area contributed by atoms with Crippen LogP contribution in [-0.2, 0) is 0 Å². The number of halogens is 1. The number of carbonyl (C=O) groups is 1. The first-order chi connectivity index (χ1) is 9.38. The van der Waals surface area contributed by atoms with Gasteiger partial charge in [0.15, 0.2) is 0 Å². The summed E-state index contributed by atoms with van der Waals surface area (Å²) in [7, 11) is 0. The lowest BCUT2D eigenvalue weighted by atomic mass is 10.1. The average molecular weight is 387 g/mol. The molecular formula is C13H14IN3O3. The highest BCUT2D eigenvalue weighted by molar-refractivity contribution is 14.1. The lowest BCUT2D eigenvalue weighted by molar-refractivity contribution is -0.384. The van der Waals surface area contributed by atoms with Crippen molar-refractivity contribution < 1.29 is 9.72 Å². The van der Waals surface area contributed by atoms with E-state index in [2.05, 4.69) is 0 Å². The van der Waals surface area contributed by atoms with Crippen LogP contribution in [0.15, 0.2) is 18.2 Å². The van der Waals surface area contributed by atoms with E-state index in [-0.39, 0.29) is 24.1 Å². The molecule has 6 nitrogen and oxygen atoms in total. The third-order valence-electron chi connectivity index (χ3n) is 2.74. The maximum Gasteiger partial charge on any atom is 0.270 e. The monoisotopic (exact) mass is 387 g/mol. The molecule has 0 unspecified atom stereocenters. The molecule has 0 atom stereocenters. The van der Waals surface area contributed by atoms with Gasteiger partial charge in [-0.2, -0.15) is 5.26 Å². The predicted octanol–water partition coefficient (Wildman–Crippen LogP) is 2.96. The summed E-state index contributed by atoms with van der Waals surface area (Å²) in [6.45, 7) is 4.00. The molecule has 1 amide bonds. The van der Waals surface area contributed by atoms with Gasteiger partial charge in [0.05, 0.1) is 23.0 Å². The third kappa shape index (κ3) is 3.90. The number of nitriles is 1. The molecule has 1 aromatic carbocycles. The van der Waals surface area contributed by atoms with Crippen LogP contribution in [0.1, 0.15) is 30.6 Å². The number of nitro benzene ring substituents is 1. The molecule has 0 heterocycles. The van der Waals surface area contributed by atoms with E-state index >= 15 is 0 Å². The zero-order valence-electron chi connectivity index (χ0n) is 11.2. The fourth-order valence-corrected chi connectivity index (χ4v) is 2.28. The van der Waals surface area contributed by atoms with Crippen LogP contribution in [0.5, 0.6) is 0 Å². The van der Waals surface area contributed by atoms with E-state index in [0.717, 1.165) is 0 Å². The SMILES string of the molecule is CC(C)N(CCC#N)C(=O)c1cc([N+](=O)[O-])ccc1I. The Morgan fingerprint density at radius 1 is 1.55 bits per heavy atom. The minimum Gasteiger partial charge on any atom is -0.335 e. The van der Waals surface area contributed by atoms with E-state index in [1.807, 2.05) is 42.5 Å². The van der Waals surface area contributed by atoms with Gasteiger partial charge in [-0.15, -0.1) is 0 Å². The van der Waals surface area contributed by atoms with Gasteiger partial charge in [-0.05, 0) is 42.5 Å². The first-order valence-corrected chi connectivity index (χ1v) is 7.08. The van der Waals surface area contributed by atoms with Crippen molar-refractivity contribution in [3.8, 4) is 6.07 Å². The highest BCUT2D eigenvalue weighted by atomic mass is 127. The highest BCUT2D eigenvalue weighted by Gasteiger charge is 2.22. The zero-order chi connectivity index (χ0) is 15.3. The Bertz CT molecular complexity index is 566. The third-order valence-corrected chi connectivity index (χ3v) is 3.68. The van der Waals surface area contributed by atoms with Crippen molar-refractivity contribution in [2.75, 3.05) is 6.54 Å². The number of carbonyl (C=O) groups excluding carboxylic acids is 1. The summed E-state index contributed by atoms with van der Waals surface area (Å²) in [5.74, 6) is -0.289. The largest absolute Gasteiger partial charge is 0.335 e. The number of hydrogen-bond donors (Lipinski definition) is 0. The van der Waals surface area contributed by atoms with E-state index in [4.69, 9.17) is 5.26 Å². The van der Waals surface area contributed by atoms with E-state index in [1.165, 1.54) is 12.1 Å². The van der Waals surface area contributed by atoms with E-state index in [9.17, 15) is 14.9 Å². The average Bonchev–Trinajstić information content (AvgIpc) is 2.38. The van der Waals surface area contributed by atoms with Crippen LogP contribution in [-0.4, -0.2) is 28.3 Å². The number of non-ortho nitro benzene ring substituents is 1. The van der Waals surface area contributed by atoms with Gasteiger partial charge in [0.1, 0.15) is 0 Å². The van der Waals surface area contributed by atoms with Crippen molar-refractivity contribution in [3.05, 3.63) is 37.4 Å². The van der Waals surface area contributed by atoms with Gasteiger partial charge >= 0.3 is 0 Å². The molecule has 0 N–H and O–H groups in total. The first-order valence-electron chi connectivity index (χ1n) is 6.00. The molecule has 0 saturated carbocycles. The fraction of sp³-hybridized carbons (Fsp3) is 0.385. The first kappa shape index (κ1) is 16.4. The Morgan fingerprint density at radius 3 is 2.70 bits per heavy atom. The zero-order valence-corrected chi connectivity index (χ0v) is 13.3. The van der Waals surface area contributed by atoms with Crippen LogP contribution < -0.4 is 0 Å². The molecule has 0 spiro atoms. The van der Waals surface area contributed by atoms with Crippen LogP contribution >= 0.6 is 22.6 Å². The molecule has 0 radical (unpaired) electrons. The lowest BCUT2D eigenvalue weighted by Gasteiger charge is -2.26. The number of rotatable bonds is 5. The second kappa shape index (κ2) is 7.19. The van der Waals surface area contributed by atoms with E-state index < -0.39 is 4.92 Å². The number of nitrogens with zero attached hydrogens (tertiary/aromatic N) is 3. The molecule has 0 fully saturated rings. The van der Waals surface area contributed by atoms with E-state index in [0.29, 0.717) is 15.7 Å². The van der Waals surface area contributed by atoms with Crippen LogP contribution in [0.2, 0.25) is 0 Å². The Morgan fingerprint density at radius 2 is 2.20 bits per heavy atom. The molecule has 7 heteroatoms. The molecule has 0 aliphatic rings. The van der Waals surface area contributed by atoms with Crippen molar-refractivity contribution in [2.24, 2.45) is 0 Å². The summed E-state index contributed by atoms with van der Waals surface area (Å²) in [5.41, 5.74) is 0.184. The maximum absolute atomic E-state index is 12.5. The van der Waals surface area contributed by atoms with Gasteiger partial charge < -0.3 is 4.90 Å². The van der Waals surface area contributed by atoms with Gasteiger partial charge in [-0.1, -0.05) is 0 Å². The van der Waals surface area contributed by atoms with Gasteiger partial charge in [0, 0.05) is 28.3 Å². The Balaban J connectivity index is 3.14. The van der Waals surface area contributed by atoms with Gasteiger partial charge in [0.2, 0.25) is 0 Å². The molecule has 20 heavy (non-hydrogen) atoms. The van der Waals surface area contributed by atoms with Crippen molar-refractivity contribution in [1.29, 1.82) is 5.26 Å². The molecule has 1 aromatic rings. The van der Waals surface area contributed by atoms with Crippen LogP contribution in [0.3, 0.4) is 0 Å². The van der Waals surface area contributed by atoms with Crippen molar-refractivity contribution >= 4 is 34.2 Å². The second-order valence-electron chi connectivity index (χ2n) is 4.42. The van der Waals surface area contributed by atoms with Gasteiger partial charge in [0.25, 0.3) is 11.6 Å². The minimum atomic E-state index is -0.526. The number of nitro groups is 1. The summed E-state index contributed by atoms with van der Waals surface area (Å²) in [6.07, 6.45) is 0.232. The summed E-state index contributed by atoms with van der Waals surface area (Å²) in [6, 6.07) is 6.12. The molecule has 0 aromatic heterocycles. The minimum absolute atomic E-state index is 0.0779. The summed E-state index contributed by atoms with van der Waals surface area (Å²) in [4.78, 5) is 24.3. The Kier molecular flexibility index (Phi) is 5.88. The van der Waals surface area contributed by atoms with Crippen molar-refractivity contribution in [3.63, 3.8) is 0 Å². The summed E-state index contributed by atoms with van der Waals surface area (Å²) in [5, 5.41) is 19.4. The van der Waals surface area contributed by atoms with E-state index in [1.54, 1.807) is 11.0 Å². The molecule has 106 valence electrons. The molecular weight excluding hydrogens is 373 g/mol. The van der Waals surface area contributed by atoms with Gasteiger partial charge in [-0.25, -0.2) is 0 Å². The molecule has 0 bridgehead atoms. The highest BCUT2D eigenvalue weighted by Crippen LogP contribution is 2.22. The second-order valence-corrected chi connectivity index (χ2v) is 5.58. The molecule has 1 rings (SSSR count).